The molecule has 0 aromatic carbocycles. The van der Waals surface area contributed by atoms with E-state index in [0.717, 1.165) is 17.0 Å². The lowest BCUT2D eigenvalue weighted by molar-refractivity contribution is 0.102. The molecule has 0 radical (unpaired) electrons. The fourth-order valence-electron chi connectivity index (χ4n) is 2.52. The van der Waals surface area contributed by atoms with Crippen molar-refractivity contribution in [2.75, 3.05) is 5.32 Å². The van der Waals surface area contributed by atoms with E-state index in [4.69, 9.17) is 0 Å². The number of anilines is 1. The lowest BCUT2D eigenvalue weighted by Gasteiger charge is -2.08. The van der Waals surface area contributed by atoms with Gasteiger partial charge in [-0.05, 0) is 44.9 Å². The number of rotatable bonds is 3. The highest BCUT2D eigenvalue weighted by atomic mass is 16.1. The summed E-state index contributed by atoms with van der Waals surface area (Å²) in [7, 11) is 0. The van der Waals surface area contributed by atoms with Gasteiger partial charge in [-0.2, -0.15) is 0 Å². The number of aryl methyl sites for hydroxylation is 1. The van der Waals surface area contributed by atoms with Crippen LogP contribution in [0, 0.1) is 13.8 Å². The zero-order valence-electron chi connectivity index (χ0n) is 11.2. The Morgan fingerprint density at radius 3 is 2.79 bits per heavy atom. The molecule has 2 aromatic heterocycles. The van der Waals surface area contributed by atoms with Crippen molar-refractivity contribution in [1.82, 2.24) is 9.55 Å². The van der Waals surface area contributed by atoms with Gasteiger partial charge in [0.1, 0.15) is 5.82 Å². The van der Waals surface area contributed by atoms with Gasteiger partial charge >= 0.3 is 0 Å². The molecule has 0 aliphatic heterocycles. The van der Waals surface area contributed by atoms with Crippen LogP contribution in [0.2, 0.25) is 0 Å². The standard InChI is InChI=1S/C15H17N3O/c1-10-9-13(11(2)18(10)12-6-7-12)15(19)17-14-5-3-4-8-16-14/h3-5,8-9,12H,6-7H2,1-2H3,(H,16,17,19). The topological polar surface area (TPSA) is 46.9 Å². The fraction of sp³-hybridized carbons (Fsp3) is 0.333. The molecule has 2 heterocycles. The zero-order chi connectivity index (χ0) is 13.4. The second kappa shape index (κ2) is 4.53. The third-order valence-corrected chi connectivity index (χ3v) is 3.55. The van der Waals surface area contributed by atoms with Gasteiger partial charge in [0.05, 0.1) is 5.56 Å². The molecule has 4 heteroatoms. The lowest BCUT2D eigenvalue weighted by atomic mass is 10.2. The Morgan fingerprint density at radius 2 is 2.16 bits per heavy atom. The van der Waals surface area contributed by atoms with Crippen LogP contribution in [-0.2, 0) is 0 Å². The summed E-state index contributed by atoms with van der Waals surface area (Å²) in [4.78, 5) is 16.4. The van der Waals surface area contributed by atoms with Crippen LogP contribution in [0.5, 0.6) is 0 Å². The van der Waals surface area contributed by atoms with Gasteiger partial charge in [-0.15, -0.1) is 0 Å². The maximum Gasteiger partial charge on any atom is 0.258 e. The summed E-state index contributed by atoms with van der Waals surface area (Å²) in [6.07, 6.45) is 4.11. The minimum atomic E-state index is -0.0845. The Balaban J connectivity index is 1.86. The second-order valence-electron chi connectivity index (χ2n) is 5.06. The summed E-state index contributed by atoms with van der Waals surface area (Å²) in [5.41, 5.74) is 2.95. The van der Waals surface area contributed by atoms with Crippen LogP contribution >= 0.6 is 0 Å². The van der Waals surface area contributed by atoms with E-state index in [9.17, 15) is 4.79 Å². The highest BCUT2D eigenvalue weighted by Gasteiger charge is 2.28. The van der Waals surface area contributed by atoms with Crippen molar-refractivity contribution in [3.63, 3.8) is 0 Å². The van der Waals surface area contributed by atoms with Crippen molar-refractivity contribution < 1.29 is 4.79 Å². The van der Waals surface area contributed by atoms with Crippen LogP contribution in [0.15, 0.2) is 30.5 Å². The molecule has 1 amide bonds. The van der Waals surface area contributed by atoms with Gasteiger partial charge in [0.15, 0.2) is 0 Å². The molecule has 19 heavy (non-hydrogen) atoms. The average Bonchev–Trinajstić information content (AvgIpc) is 3.17. The molecule has 2 aromatic rings. The van der Waals surface area contributed by atoms with E-state index in [0.29, 0.717) is 11.9 Å². The summed E-state index contributed by atoms with van der Waals surface area (Å²) in [5.74, 6) is 0.502. The first-order valence-electron chi connectivity index (χ1n) is 6.57. The van der Waals surface area contributed by atoms with Gasteiger partial charge in [0.2, 0.25) is 0 Å². The average molecular weight is 255 g/mol. The van der Waals surface area contributed by atoms with Crippen molar-refractivity contribution in [3.8, 4) is 0 Å². The maximum atomic E-state index is 12.3. The lowest BCUT2D eigenvalue weighted by Crippen LogP contribution is -2.14. The summed E-state index contributed by atoms with van der Waals surface area (Å²) in [5, 5.41) is 2.84. The van der Waals surface area contributed by atoms with E-state index in [1.165, 1.54) is 12.8 Å². The third kappa shape index (κ3) is 2.26. The van der Waals surface area contributed by atoms with E-state index in [1.807, 2.05) is 25.1 Å². The Hall–Kier alpha value is -2.10. The zero-order valence-corrected chi connectivity index (χ0v) is 11.2. The smallest absolute Gasteiger partial charge is 0.258 e. The molecule has 1 aliphatic carbocycles. The SMILES string of the molecule is Cc1cc(C(=O)Nc2ccccn2)c(C)n1C1CC1. The Kier molecular flexibility index (Phi) is 2.85. The number of nitrogens with one attached hydrogen (secondary N) is 1. The molecule has 0 saturated heterocycles. The molecular weight excluding hydrogens is 238 g/mol. The van der Waals surface area contributed by atoms with E-state index >= 15 is 0 Å². The predicted molar refractivity (Wildman–Crippen MR) is 74.4 cm³/mol. The molecule has 0 atom stereocenters. The largest absolute Gasteiger partial charge is 0.345 e. The maximum absolute atomic E-state index is 12.3. The summed E-state index contributed by atoms with van der Waals surface area (Å²) >= 11 is 0. The molecule has 1 aliphatic rings. The molecule has 1 saturated carbocycles. The van der Waals surface area contributed by atoms with Crippen molar-refractivity contribution in [3.05, 3.63) is 47.4 Å². The Labute approximate surface area is 112 Å². The van der Waals surface area contributed by atoms with E-state index in [1.54, 1.807) is 12.3 Å². The van der Waals surface area contributed by atoms with Gasteiger partial charge in [0.25, 0.3) is 5.91 Å². The fourth-order valence-corrected chi connectivity index (χ4v) is 2.52. The van der Waals surface area contributed by atoms with Crippen LogP contribution in [0.25, 0.3) is 0 Å². The molecule has 1 N–H and O–H groups in total. The highest BCUT2D eigenvalue weighted by molar-refractivity contribution is 6.04. The van der Waals surface area contributed by atoms with Crippen molar-refractivity contribution in [2.24, 2.45) is 0 Å². The van der Waals surface area contributed by atoms with Crippen LogP contribution in [0.3, 0.4) is 0 Å². The van der Waals surface area contributed by atoms with Crippen molar-refractivity contribution >= 4 is 11.7 Å². The number of pyridine rings is 1. The molecule has 0 bridgehead atoms. The van der Waals surface area contributed by atoms with Crippen LogP contribution in [-0.4, -0.2) is 15.5 Å². The summed E-state index contributed by atoms with van der Waals surface area (Å²) in [6.45, 7) is 4.07. The number of amides is 1. The van der Waals surface area contributed by atoms with Crippen LogP contribution in [0.1, 0.15) is 40.6 Å². The highest BCUT2D eigenvalue weighted by Crippen LogP contribution is 2.38. The number of carbonyl (C=O) groups excluding carboxylic acids is 1. The predicted octanol–water partition coefficient (Wildman–Crippen LogP) is 3.09. The summed E-state index contributed by atoms with van der Waals surface area (Å²) < 4.78 is 2.27. The molecule has 4 nitrogen and oxygen atoms in total. The molecule has 3 rings (SSSR count). The van der Waals surface area contributed by atoms with Gasteiger partial charge in [-0.3, -0.25) is 4.79 Å². The van der Waals surface area contributed by atoms with Crippen molar-refractivity contribution in [1.29, 1.82) is 0 Å². The van der Waals surface area contributed by atoms with Gasteiger partial charge in [-0.25, -0.2) is 4.98 Å². The van der Waals surface area contributed by atoms with Crippen LogP contribution < -0.4 is 5.32 Å². The van der Waals surface area contributed by atoms with Gasteiger partial charge in [-0.1, -0.05) is 6.07 Å². The third-order valence-electron chi connectivity index (χ3n) is 3.55. The number of hydrogen-bond acceptors (Lipinski definition) is 2. The number of nitrogens with zero attached hydrogens (tertiary/aromatic N) is 2. The van der Waals surface area contributed by atoms with E-state index < -0.39 is 0 Å². The molecular formula is C15H17N3O. The normalized spacial score (nSPS) is 14.4. The Morgan fingerprint density at radius 1 is 1.37 bits per heavy atom. The number of aromatic nitrogens is 2. The minimum Gasteiger partial charge on any atom is -0.345 e. The molecule has 1 fully saturated rings. The second-order valence-corrected chi connectivity index (χ2v) is 5.06. The molecule has 98 valence electrons. The van der Waals surface area contributed by atoms with Gasteiger partial charge < -0.3 is 9.88 Å². The van der Waals surface area contributed by atoms with Gasteiger partial charge in [0, 0.05) is 23.6 Å². The number of carbonyl (C=O) groups is 1. The summed E-state index contributed by atoms with van der Waals surface area (Å²) in [6, 6.07) is 8.03. The Bertz CT molecular complexity index is 612. The first-order valence-corrected chi connectivity index (χ1v) is 6.57. The first-order chi connectivity index (χ1) is 9.16. The number of hydrogen-bond donors (Lipinski definition) is 1. The molecule has 0 unspecified atom stereocenters. The quantitative estimate of drug-likeness (QED) is 0.916. The van der Waals surface area contributed by atoms with Crippen LogP contribution in [0.4, 0.5) is 5.82 Å². The molecule has 0 spiro atoms. The monoisotopic (exact) mass is 255 g/mol. The van der Waals surface area contributed by atoms with E-state index in [-0.39, 0.29) is 5.91 Å². The first kappa shape index (κ1) is 12.0. The minimum absolute atomic E-state index is 0.0845. The van der Waals surface area contributed by atoms with Crippen molar-refractivity contribution in [2.45, 2.75) is 32.7 Å². The van der Waals surface area contributed by atoms with E-state index in [2.05, 4.69) is 21.8 Å².